The zero-order valence-electron chi connectivity index (χ0n) is 21.6. The van der Waals surface area contributed by atoms with Crippen molar-refractivity contribution in [3.05, 3.63) is 101 Å². The molecule has 9 nitrogen and oxygen atoms in total. The molecule has 0 spiro atoms. The molecule has 0 aliphatic carbocycles. The van der Waals surface area contributed by atoms with Crippen molar-refractivity contribution < 1.29 is 17.9 Å². The van der Waals surface area contributed by atoms with Gasteiger partial charge in [-0.05, 0) is 68.8 Å². The average molecular weight is 543 g/mol. The van der Waals surface area contributed by atoms with Crippen molar-refractivity contribution in [2.45, 2.75) is 42.7 Å². The number of benzene rings is 3. The van der Waals surface area contributed by atoms with E-state index in [9.17, 15) is 18.0 Å². The number of anilines is 1. The quantitative estimate of drug-likeness (QED) is 0.325. The number of para-hydroxylation sites is 1. The second-order valence-electron chi connectivity index (χ2n) is 10.0. The molecule has 0 aliphatic heterocycles. The highest BCUT2D eigenvalue weighted by Crippen LogP contribution is 2.28. The Morgan fingerprint density at radius 2 is 1.74 bits per heavy atom. The standard InChI is InChI=1S/C29H26N4O5S/c1-29(2,3)38-28(35)32-22-10-4-7-19(15-22)18-33-27(34)24-13-12-23(16-21(24)17-31-33)39(36,37)25-11-5-8-20-9-6-14-30-26(20)25/h4-17H,18H2,1-3H3,(H,32,35). The van der Waals surface area contributed by atoms with E-state index in [1.54, 1.807) is 69.4 Å². The van der Waals surface area contributed by atoms with E-state index in [0.717, 1.165) is 5.56 Å². The van der Waals surface area contributed by atoms with Crippen LogP contribution >= 0.6 is 0 Å². The second-order valence-corrected chi connectivity index (χ2v) is 11.9. The summed E-state index contributed by atoms with van der Waals surface area (Å²) in [7, 11) is -3.90. The van der Waals surface area contributed by atoms with Gasteiger partial charge in [-0.1, -0.05) is 30.3 Å². The predicted octanol–water partition coefficient (Wildman–Crippen LogP) is 5.17. The smallest absolute Gasteiger partial charge is 0.412 e. The molecule has 1 N–H and O–H groups in total. The third-order valence-electron chi connectivity index (χ3n) is 5.92. The van der Waals surface area contributed by atoms with Gasteiger partial charge in [0.25, 0.3) is 5.56 Å². The molecular formula is C29H26N4O5S. The van der Waals surface area contributed by atoms with Crippen LogP contribution < -0.4 is 10.9 Å². The summed E-state index contributed by atoms with van der Waals surface area (Å²) in [5, 5.41) is 8.42. The van der Waals surface area contributed by atoms with Gasteiger partial charge in [-0.2, -0.15) is 5.10 Å². The van der Waals surface area contributed by atoms with Gasteiger partial charge in [-0.15, -0.1) is 0 Å². The molecule has 3 aromatic carbocycles. The number of amides is 1. The zero-order chi connectivity index (χ0) is 27.8. The highest BCUT2D eigenvalue weighted by atomic mass is 32.2. The fourth-order valence-corrected chi connectivity index (χ4v) is 5.67. The molecule has 0 atom stereocenters. The molecule has 1 amide bonds. The lowest BCUT2D eigenvalue weighted by Crippen LogP contribution is -2.27. The summed E-state index contributed by atoms with van der Waals surface area (Å²) in [4.78, 5) is 29.7. The molecule has 5 aromatic rings. The fraction of sp³-hybridized carbons (Fsp3) is 0.172. The molecule has 0 saturated heterocycles. The number of nitrogens with one attached hydrogen (secondary N) is 1. The third-order valence-corrected chi connectivity index (χ3v) is 7.71. The minimum absolute atomic E-state index is 0.0491. The Balaban J connectivity index is 1.43. The molecule has 10 heteroatoms. The summed E-state index contributed by atoms with van der Waals surface area (Å²) >= 11 is 0. The average Bonchev–Trinajstić information content (AvgIpc) is 2.89. The number of hydrogen-bond acceptors (Lipinski definition) is 7. The molecule has 2 heterocycles. The zero-order valence-corrected chi connectivity index (χ0v) is 22.4. The molecule has 0 radical (unpaired) electrons. The number of carbonyl (C=O) groups excluding carboxylic acids is 1. The van der Waals surface area contributed by atoms with E-state index >= 15 is 0 Å². The Kier molecular flexibility index (Phi) is 6.65. The monoisotopic (exact) mass is 542 g/mol. The molecule has 5 rings (SSSR count). The van der Waals surface area contributed by atoms with Gasteiger partial charge < -0.3 is 4.74 Å². The summed E-state index contributed by atoms with van der Waals surface area (Å²) in [6.07, 6.45) is 2.45. The van der Waals surface area contributed by atoms with Gasteiger partial charge >= 0.3 is 6.09 Å². The first-order chi connectivity index (χ1) is 18.5. The molecule has 198 valence electrons. The molecule has 0 saturated carbocycles. The molecule has 2 aromatic heterocycles. The third kappa shape index (κ3) is 5.51. The second kappa shape index (κ2) is 9.95. The van der Waals surface area contributed by atoms with Crippen LogP contribution in [0.5, 0.6) is 0 Å². The molecule has 0 unspecified atom stereocenters. The summed E-state index contributed by atoms with van der Waals surface area (Å²) in [5.74, 6) is 0. The van der Waals surface area contributed by atoms with Crippen LogP contribution in [0.4, 0.5) is 10.5 Å². The van der Waals surface area contributed by atoms with Crippen molar-refractivity contribution in [3.63, 3.8) is 0 Å². The van der Waals surface area contributed by atoms with Gasteiger partial charge in [0.2, 0.25) is 9.84 Å². The Morgan fingerprint density at radius 1 is 0.974 bits per heavy atom. The Hall–Kier alpha value is -4.57. The van der Waals surface area contributed by atoms with Crippen molar-refractivity contribution in [3.8, 4) is 0 Å². The number of fused-ring (bicyclic) bond motifs is 2. The highest BCUT2D eigenvalue weighted by molar-refractivity contribution is 7.91. The van der Waals surface area contributed by atoms with Crippen molar-refractivity contribution >= 4 is 43.3 Å². The predicted molar refractivity (Wildman–Crippen MR) is 149 cm³/mol. The maximum atomic E-state index is 13.5. The summed E-state index contributed by atoms with van der Waals surface area (Å²) in [5.41, 5.74) is 0.647. The Labute approximate surface area is 225 Å². The first-order valence-corrected chi connectivity index (χ1v) is 13.7. The number of hydrogen-bond donors (Lipinski definition) is 1. The van der Waals surface area contributed by atoms with Gasteiger partial charge in [-0.25, -0.2) is 17.9 Å². The molecule has 0 fully saturated rings. The number of carbonyl (C=O) groups is 1. The van der Waals surface area contributed by atoms with Crippen molar-refractivity contribution in [2.75, 3.05) is 5.32 Å². The molecule has 0 aliphatic rings. The Morgan fingerprint density at radius 3 is 2.54 bits per heavy atom. The van der Waals surface area contributed by atoms with E-state index in [-0.39, 0.29) is 21.9 Å². The lowest BCUT2D eigenvalue weighted by molar-refractivity contribution is 0.0636. The minimum Gasteiger partial charge on any atom is -0.444 e. The number of rotatable bonds is 5. The molecule has 39 heavy (non-hydrogen) atoms. The SMILES string of the molecule is CC(C)(C)OC(=O)Nc1cccc(Cn2ncc3cc(S(=O)(=O)c4cccc5cccnc45)ccc3c2=O)c1. The molecule has 0 bridgehead atoms. The first kappa shape index (κ1) is 26.1. The maximum absolute atomic E-state index is 13.5. The summed E-state index contributed by atoms with van der Waals surface area (Å²) in [6.45, 7) is 5.49. The van der Waals surface area contributed by atoms with Crippen LogP contribution in [0.3, 0.4) is 0 Å². The van der Waals surface area contributed by atoms with Crippen molar-refractivity contribution in [2.24, 2.45) is 0 Å². The Bertz CT molecular complexity index is 1890. The highest BCUT2D eigenvalue weighted by Gasteiger charge is 2.22. The van der Waals surface area contributed by atoms with E-state index in [1.807, 2.05) is 6.07 Å². The minimum atomic E-state index is -3.90. The lowest BCUT2D eigenvalue weighted by atomic mass is 10.2. The van der Waals surface area contributed by atoms with Crippen LogP contribution in [0.1, 0.15) is 26.3 Å². The van der Waals surface area contributed by atoms with Gasteiger partial charge in [0.15, 0.2) is 0 Å². The number of pyridine rings is 1. The molecular weight excluding hydrogens is 516 g/mol. The fourth-order valence-electron chi connectivity index (χ4n) is 4.21. The van der Waals surface area contributed by atoms with Crippen LogP contribution in [-0.4, -0.2) is 34.9 Å². The van der Waals surface area contributed by atoms with Crippen LogP contribution in [-0.2, 0) is 21.1 Å². The number of ether oxygens (including phenoxy) is 1. The van der Waals surface area contributed by atoms with Gasteiger partial charge in [-0.3, -0.25) is 15.1 Å². The van der Waals surface area contributed by atoms with Gasteiger partial charge in [0.05, 0.1) is 33.4 Å². The van der Waals surface area contributed by atoms with E-state index in [4.69, 9.17) is 4.74 Å². The van der Waals surface area contributed by atoms with Crippen molar-refractivity contribution in [1.29, 1.82) is 0 Å². The van der Waals surface area contributed by atoms with E-state index in [1.165, 1.54) is 35.1 Å². The maximum Gasteiger partial charge on any atom is 0.412 e. The van der Waals surface area contributed by atoms with Gasteiger partial charge in [0.1, 0.15) is 5.60 Å². The number of sulfone groups is 1. The van der Waals surface area contributed by atoms with Crippen LogP contribution in [0.15, 0.2) is 99.8 Å². The van der Waals surface area contributed by atoms with Crippen LogP contribution in [0, 0.1) is 0 Å². The normalized spacial score (nSPS) is 12.0. The number of nitrogens with zero attached hydrogens (tertiary/aromatic N) is 3. The van der Waals surface area contributed by atoms with Gasteiger partial charge in [0, 0.05) is 22.7 Å². The van der Waals surface area contributed by atoms with Crippen LogP contribution in [0.25, 0.3) is 21.7 Å². The number of aromatic nitrogens is 3. The summed E-state index contributed by atoms with van der Waals surface area (Å²) in [6, 6.07) is 20.0. The van der Waals surface area contributed by atoms with E-state index in [0.29, 0.717) is 27.4 Å². The van der Waals surface area contributed by atoms with E-state index in [2.05, 4.69) is 15.4 Å². The topological polar surface area (TPSA) is 120 Å². The first-order valence-electron chi connectivity index (χ1n) is 12.2. The van der Waals surface area contributed by atoms with Crippen LogP contribution in [0.2, 0.25) is 0 Å². The largest absolute Gasteiger partial charge is 0.444 e. The van der Waals surface area contributed by atoms with E-state index < -0.39 is 21.5 Å². The van der Waals surface area contributed by atoms with Crippen molar-refractivity contribution in [1.82, 2.24) is 14.8 Å². The lowest BCUT2D eigenvalue weighted by Gasteiger charge is -2.19. The summed E-state index contributed by atoms with van der Waals surface area (Å²) < 4.78 is 33.5.